The number of hydrogen-bond donors (Lipinski definition) is 3. The van der Waals surface area contributed by atoms with Crippen molar-refractivity contribution in [3.8, 4) is 5.75 Å². The third-order valence-electron chi connectivity index (χ3n) is 1.38. The van der Waals surface area contributed by atoms with Crippen molar-refractivity contribution in [2.45, 2.75) is 6.92 Å². The van der Waals surface area contributed by atoms with Crippen molar-refractivity contribution in [3.05, 3.63) is 29.3 Å². The van der Waals surface area contributed by atoms with Crippen molar-refractivity contribution in [1.29, 1.82) is 0 Å². The molecular weight excluding hydrogens is 260 g/mol. The summed E-state index contributed by atoms with van der Waals surface area (Å²) in [5.41, 5.74) is 0.769. The minimum Gasteiger partial charge on any atom is -0.507 e. The lowest BCUT2D eigenvalue weighted by Gasteiger charge is -1.98. The van der Waals surface area contributed by atoms with Gasteiger partial charge in [-0.15, -0.1) is 0 Å². The maximum absolute atomic E-state index is 10.4. The van der Waals surface area contributed by atoms with E-state index in [2.05, 4.69) is 10.7 Å². The van der Waals surface area contributed by atoms with Crippen LogP contribution in [0, 0.1) is 6.92 Å². The quantitative estimate of drug-likeness (QED) is 0.525. The molecule has 0 aromatic heterocycles. The second kappa shape index (κ2) is 5.69. The van der Waals surface area contributed by atoms with Crippen molar-refractivity contribution >= 4 is 26.0 Å². The van der Waals surface area contributed by atoms with Crippen LogP contribution < -0.4 is 0 Å². The topological polar surface area (TPSA) is 112 Å². The van der Waals surface area contributed by atoms with Crippen LogP contribution >= 0.6 is 10.7 Å². The Morgan fingerprint density at radius 1 is 1.38 bits per heavy atom. The Balaban J connectivity index is 0.000000385. The van der Waals surface area contributed by atoms with Gasteiger partial charge in [0.05, 0.1) is 0 Å². The van der Waals surface area contributed by atoms with Gasteiger partial charge in [-0.05, 0) is 19.1 Å². The Morgan fingerprint density at radius 2 is 1.81 bits per heavy atom. The lowest BCUT2D eigenvalue weighted by atomic mass is 10.1. The van der Waals surface area contributed by atoms with Gasteiger partial charge >= 0.3 is 15.3 Å². The zero-order chi connectivity index (χ0) is 12.9. The molecule has 0 heterocycles. The minimum absolute atomic E-state index is 0.0509. The standard InChI is InChI=1S/C8H8O3.ClHO3S/c1-5-2-3-7(9)6(4-5)8(10)11;1-5(2,3)4/h2-4,9H,1H3,(H,10,11);(H,2,3,4). The molecule has 0 saturated heterocycles. The highest BCUT2D eigenvalue weighted by molar-refractivity contribution is 8.09. The summed E-state index contributed by atoms with van der Waals surface area (Å²) >= 11 is 0. The lowest BCUT2D eigenvalue weighted by Crippen LogP contribution is -1.96. The predicted molar refractivity (Wildman–Crippen MR) is 57.2 cm³/mol. The molecule has 0 aliphatic rings. The number of carboxylic acid groups (broad SMARTS) is 1. The Labute approximate surface area is 96.4 Å². The van der Waals surface area contributed by atoms with Crippen molar-refractivity contribution in [1.82, 2.24) is 0 Å². The molecule has 0 amide bonds. The maximum Gasteiger partial charge on any atom is 0.353 e. The number of carboxylic acids is 1. The van der Waals surface area contributed by atoms with E-state index in [4.69, 9.17) is 23.2 Å². The number of halogens is 1. The van der Waals surface area contributed by atoms with Gasteiger partial charge in [-0.3, -0.25) is 4.55 Å². The van der Waals surface area contributed by atoms with E-state index in [1.54, 1.807) is 13.0 Å². The highest BCUT2D eigenvalue weighted by Crippen LogP contribution is 2.17. The van der Waals surface area contributed by atoms with Crippen molar-refractivity contribution < 1.29 is 28.0 Å². The van der Waals surface area contributed by atoms with E-state index in [1.807, 2.05) is 0 Å². The van der Waals surface area contributed by atoms with E-state index in [-0.39, 0.29) is 11.3 Å². The highest BCUT2D eigenvalue weighted by Gasteiger charge is 2.07. The first kappa shape index (κ1) is 14.7. The molecule has 3 N–H and O–H groups in total. The number of rotatable bonds is 1. The van der Waals surface area contributed by atoms with Crippen LogP contribution in [0.3, 0.4) is 0 Å². The first-order chi connectivity index (χ1) is 7.11. The van der Waals surface area contributed by atoms with E-state index in [1.165, 1.54) is 12.1 Å². The SMILES string of the molecule is Cc1ccc(O)c(C(=O)O)c1.O=S(=O)(O)Cl. The molecule has 0 radical (unpaired) electrons. The predicted octanol–water partition coefficient (Wildman–Crippen LogP) is 1.43. The molecule has 0 fully saturated rings. The fourth-order valence-corrected chi connectivity index (χ4v) is 0.821. The van der Waals surface area contributed by atoms with Crippen LogP contribution in [0.1, 0.15) is 15.9 Å². The number of aromatic carboxylic acids is 1. The zero-order valence-electron chi connectivity index (χ0n) is 8.08. The van der Waals surface area contributed by atoms with Gasteiger partial charge in [0.2, 0.25) is 0 Å². The van der Waals surface area contributed by atoms with E-state index in [9.17, 15) is 4.79 Å². The number of benzene rings is 1. The summed E-state index contributed by atoms with van der Waals surface area (Å²) in [6.45, 7) is 1.77. The van der Waals surface area contributed by atoms with Gasteiger partial charge < -0.3 is 10.2 Å². The Kier molecular flexibility index (Phi) is 5.22. The molecule has 1 rings (SSSR count). The van der Waals surface area contributed by atoms with Gasteiger partial charge in [0, 0.05) is 10.7 Å². The average molecular weight is 269 g/mol. The van der Waals surface area contributed by atoms with Gasteiger partial charge in [0.1, 0.15) is 11.3 Å². The van der Waals surface area contributed by atoms with Crippen LogP contribution in [0.2, 0.25) is 0 Å². The van der Waals surface area contributed by atoms with Crippen LogP contribution in [-0.2, 0) is 9.33 Å². The summed E-state index contributed by atoms with van der Waals surface area (Å²) in [7, 11) is -0.137. The first-order valence-electron chi connectivity index (χ1n) is 3.81. The molecule has 0 unspecified atom stereocenters. The number of hydrogen-bond acceptors (Lipinski definition) is 4. The smallest absolute Gasteiger partial charge is 0.353 e. The number of aryl methyl sites for hydroxylation is 1. The second-order valence-corrected chi connectivity index (χ2v) is 4.73. The van der Waals surface area contributed by atoms with Crippen LogP contribution in [0.25, 0.3) is 0 Å². The molecule has 0 bridgehead atoms. The third kappa shape index (κ3) is 7.04. The van der Waals surface area contributed by atoms with Crippen LogP contribution in [-0.4, -0.2) is 29.2 Å². The molecule has 8 heteroatoms. The second-order valence-electron chi connectivity index (χ2n) is 2.74. The van der Waals surface area contributed by atoms with Gasteiger partial charge in [-0.25, -0.2) is 4.79 Å². The monoisotopic (exact) mass is 268 g/mol. The summed E-state index contributed by atoms with van der Waals surface area (Å²) in [5, 5.41) is 17.6. The zero-order valence-corrected chi connectivity index (χ0v) is 9.66. The molecule has 0 aliphatic carbocycles. The molecule has 1 aromatic rings. The molecule has 0 aliphatic heterocycles. The Bertz CT molecular complexity index is 473. The van der Waals surface area contributed by atoms with Gasteiger partial charge in [-0.1, -0.05) is 11.6 Å². The Morgan fingerprint density at radius 3 is 2.12 bits per heavy atom. The van der Waals surface area contributed by atoms with Gasteiger partial charge in [0.15, 0.2) is 0 Å². The Hall–Kier alpha value is -1.31. The largest absolute Gasteiger partial charge is 0.507 e. The van der Waals surface area contributed by atoms with Crippen LogP contribution in [0.4, 0.5) is 0 Å². The molecular formula is C8H9ClO6S. The molecule has 1 aromatic carbocycles. The molecule has 0 atom stereocenters. The summed E-state index contributed by atoms with van der Waals surface area (Å²) in [4.78, 5) is 10.4. The van der Waals surface area contributed by atoms with Gasteiger partial charge in [-0.2, -0.15) is 8.42 Å². The molecule has 0 saturated carbocycles. The highest BCUT2D eigenvalue weighted by atomic mass is 35.7. The fraction of sp³-hybridized carbons (Fsp3) is 0.125. The van der Waals surface area contributed by atoms with E-state index >= 15 is 0 Å². The average Bonchev–Trinajstić information content (AvgIpc) is 2.06. The summed E-state index contributed by atoms with van der Waals surface area (Å²) in [5.74, 6) is -1.30. The number of carbonyl (C=O) groups is 1. The van der Waals surface area contributed by atoms with Crippen molar-refractivity contribution in [2.24, 2.45) is 0 Å². The van der Waals surface area contributed by atoms with E-state index in [0.29, 0.717) is 0 Å². The fourth-order valence-electron chi connectivity index (χ4n) is 0.821. The molecule has 16 heavy (non-hydrogen) atoms. The van der Waals surface area contributed by atoms with E-state index < -0.39 is 15.3 Å². The van der Waals surface area contributed by atoms with Crippen molar-refractivity contribution in [3.63, 3.8) is 0 Å². The molecule has 6 nitrogen and oxygen atoms in total. The first-order valence-corrected chi connectivity index (χ1v) is 6.08. The third-order valence-corrected chi connectivity index (χ3v) is 1.38. The van der Waals surface area contributed by atoms with E-state index in [0.717, 1.165) is 5.56 Å². The minimum atomic E-state index is -4.19. The normalized spacial score (nSPS) is 10.2. The van der Waals surface area contributed by atoms with Gasteiger partial charge in [0.25, 0.3) is 0 Å². The maximum atomic E-state index is 10.4. The van der Waals surface area contributed by atoms with Crippen LogP contribution in [0.15, 0.2) is 18.2 Å². The summed E-state index contributed by atoms with van der Waals surface area (Å²) in [6.07, 6.45) is 0. The lowest BCUT2D eigenvalue weighted by molar-refractivity contribution is 0.0693. The van der Waals surface area contributed by atoms with Crippen molar-refractivity contribution in [2.75, 3.05) is 0 Å². The number of aromatic hydroxyl groups is 1. The summed E-state index contributed by atoms with van der Waals surface area (Å²) in [6, 6.07) is 4.46. The molecule has 90 valence electrons. The molecule has 0 spiro atoms. The number of phenols is 1. The summed E-state index contributed by atoms with van der Waals surface area (Å²) < 4.78 is 25.2. The van der Waals surface area contributed by atoms with Crippen LogP contribution in [0.5, 0.6) is 5.75 Å².